The van der Waals surface area contributed by atoms with Crippen molar-refractivity contribution in [2.45, 2.75) is 18.9 Å². The van der Waals surface area contributed by atoms with Gasteiger partial charge in [-0.2, -0.15) is 0 Å². The molecule has 1 atom stereocenters. The molecule has 8 heteroatoms. The van der Waals surface area contributed by atoms with Crippen molar-refractivity contribution in [2.24, 2.45) is 0 Å². The maximum absolute atomic E-state index is 12.3. The van der Waals surface area contributed by atoms with Gasteiger partial charge < -0.3 is 15.1 Å². The molecule has 1 aliphatic heterocycles. The fraction of sp³-hybridized carbons (Fsp3) is 0.294. The third-order valence-corrected chi connectivity index (χ3v) is 5.97. The summed E-state index contributed by atoms with van der Waals surface area (Å²) >= 11 is 0. The molecule has 3 rings (SSSR count). The van der Waals surface area contributed by atoms with Crippen LogP contribution in [0, 0.1) is 0 Å². The minimum atomic E-state index is -3.09. The van der Waals surface area contributed by atoms with Crippen LogP contribution in [0.4, 0.5) is 5.69 Å². The molecule has 2 amide bonds. The van der Waals surface area contributed by atoms with Crippen LogP contribution in [0.25, 0.3) is 0 Å². The Morgan fingerprint density at radius 1 is 1.12 bits per heavy atom. The number of anilines is 1. The van der Waals surface area contributed by atoms with Gasteiger partial charge in [0.05, 0.1) is 23.3 Å². The van der Waals surface area contributed by atoms with Crippen molar-refractivity contribution in [2.75, 3.05) is 16.8 Å². The summed E-state index contributed by atoms with van der Waals surface area (Å²) in [6.07, 6.45) is 1.81. The number of sulfone groups is 1. The van der Waals surface area contributed by atoms with Crippen LogP contribution in [-0.2, 0) is 9.84 Å². The normalized spacial score (nSPS) is 21.6. The van der Waals surface area contributed by atoms with Gasteiger partial charge in [0.2, 0.25) is 0 Å². The standard InChI is InChI=1S/C17H18N2O5S/c1-17(8-10-25(22,23)11-17)19-15(20)12-4-6-13(7-5-12)18-16(21)14-3-2-9-24-14/h2-7,9H,8,10-11H2,1H3,(H,18,21)(H,19,20)/t17-/m0/s1. The van der Waals surface area contributed by atoms with Crippen LogP contribution in [0.3, 0.4) is 0 Å². The number of carbonyl (C=O) groups is 2. The lowest BCUT2D eigenvalue weighted by atomic mass is 10.0. The summed E-state index contributed by atoms with van der Waals surface area (Å²) in [5, 5.41) is 5.45. The lowest BCUT2D eigenvalue weighted by Crippen LogP contribution is -2.46. The van der Waals surface area contributed by atoms with Crippen molar-refractivity contribution in [3.05, 3.63) is 54.0 Å². The van der Waals surface area contributed by atoms with E-state index in [9.17, 15) is 18.0 Å². The van der Waals surface area contributed by atoms with E-state index in [1.807, 2.05) is 0 Å². The fourth-order valence-corrected chi connectivity index (χ4v) is 4.85. The van der Waals surface area contributed by atoms with Crippen molar-refractivity contribution in [1.82, 2.24) is 5.32 Å². The molecule has 1 aromatic heterocycles. The Bertz CT molecular complexity index is 888. The molecule has 1 aromatic carbocycles. The molecule has 7 nitrogen and oxygen atoms in total. The zero-order valence-corrected chi connectivity index (χ0v) is 14.4. The average Bonchev–Trinajstić information content (AvgIpc) is 3.16. The molecule has 1 saturated heterocycles. The molecule has 2 heterocycles. The summed E-state index contributed by atoms with van der Waals surface area (Å²) in [5.74, 6) is -0.503. The van der Waals surface area contributed by atoms with Crippen molar-refractivity contribution in [3.8, 4) is 0 Å². The Hall–Kier alpha value is -2.61. The first-order chi connectivity index (χ1) is 11.8. The van der Waals surface area contributed by atoms with E-state index >= 15 is 0 Å². The lowest BCUT2D eigenvalue weighted by molar-refractivity contribution is 0.0915. The van der Waals surface area contributed by atoms with Crippen LogP contribution < -0.4 is 10.6 Å². The van der Waals surface area contributed by atoms with E-state index in [0.717, 1.165) is 0 Å². The highest BCUT2D eigenvalue weighted by atomic mass is 32.2. The first kappa shape index (κ1) is 17.2. The molecule has 0 bridgehead atoms. The van der Waals surface area contributed by atoms with Crippen LogP contribution in [0.15, 0.2) is 47.1 Å². The maximum Gasteiger partial charge on any atom is 0.291 e. The van der Waals surface area contributed by atoms with Crippen molar-refractivity contribution < 1.29 is 22.4 Å². The predicted octanol–water partition coefficient (Wildman–Crippen LogP) is 1.84. The van der Waals surface area contributed by atoms with Crippen LogP contribution in [-0.4, -0.2) is 37.3 Å². The van der Waals surface area contributed by atoms with Gasteiger partial charge in [0.25, 0.3) is 11.8 Å². The second kappa shape index (κ2) is 6.36. The Labute approximate surface area is 145 Å². The monoisotopic (exact) mass is 362 g/mol. The van der Waals surface area contributed by atoms with Gasteiger partial charge in [0.15, 0.2) is 15.6 Å². The highest BCUT2D eigenvalue weighted by Crippen LogP contribution is 2.23. The molecule has 1 aliphatic rings. The average molecular weight is 362 g/mol. The minimum Gasteiger partial charge on any atom is -0.459 e. The maximum atomic E-state index is 12.3. The van der Waals surface area contributed by atoms with Gasteiger partial charge in [-0.3, -0.25) is 9.59 Å². The van der Waals surface area contributed by atoms with Crippen molar-refractivity contribution in [3.63, 3.8) is 0 Å². The summed E-state index contributed by atoms with van der Waals surface area (Å²) in [4.78, 5) is 24.2. The number of hydrogen-bond donors (Lipinski definition) is 2. The van der Waals surface area contributed by atoms with E-state index < -0.39 is 15.4 Å². The van der Waals surface area contributed by atoms with Crippen molar-refractivity contribution in [1.29, 1.82) is 0 Å². The number of rotatable bonds is 4. The van der Waals surface area contributed by atoms with E-state index in [4.69, 9.17) is 4.42 Å². The number of nitrogens with one attached hydrogen (secondary N) is 2. The van der Waals surface area contributed by atoms with Gasteiger partial charge in [0.1, 0.15) is 0 Å². The third kappa shape index (κ3) is 4.08. The summed E-state index contributed by atoms with van der Waals surface area (Å²) in [5.41, 5.74) is 0.163. The molecule has 0 saturated carbocycles. The minimum absolute atomic E-state index is 0.0526. The Kier molecular flexibility index (Phi) is 4.38. The largest absolute Gasteiger partial charge is 0.459 e. The van der Waals surface area contributed by atoms with Gasteiger partial charge in [-0.25, -0.2) is 8.42 Å². The summed E-state index contributed by atoms with van der Waals surface area (Å²) in [7, 11) is -3.09. The lowest BCUT2D eigenvalue weighted by Gasteiger charge is -2.23. The van der Waals surface area contributed by atoms with E-state index in [1.54, 1.807) is 43.3 Å². The first-order valence-electron chi connectivity index (χ1n) is 7.74. The number of amides is 2. The Balaban J connectivity index is 1.64. The van der Waals surface area contributed by atoms with E-state index in [2.05, 4.69) is 10.6 Å². The predicted molar refractivity (Wildman–Crippen MR) is 92.2 cm³/mol. The van der Waals surface area contributed by atoms with E-state index in [-0.39, 0.29) is 29.1 Å². The molecule has 0 unspecified atom stereocenters. The molecule has 25 heavy (non-hydrogen) atoms. The quantitative estimate of drug-likeness (QED) is 0.863. The molecule has 0 aliphatic carbocycles. The summed E-state index contributed by atoms with van der Waals surface area (Å²) in [6, 6.07) is 9.51. The zero-order valence-electron chi connectivity index (χ0n) is 13.6. The summed E-state index contributed by atoms with van der Waals surface area (Å²) < 4.78 is 28.2. The van der Waals surface area contributed by atoms with E-state index in [1.165, 1.54) is 6.26 Å². The summed E-state index contributed by atoms with van der Waals surface area (Å²) in [6.45, 7) is 1.73. The second-order valence-electron chi connectivity index (χ2n) is 6.37. The third-order valence-electron chi connectivity index (χ3n) is 4.07. The molecule has 0 radical (unpaired) electrons. The molecular weight excluding hydrogens is 344 g/mol. The molecule has 1 fully saturated rings. The Morgan fingerprint density at radius 2 is 1.84 bits per heavy atom. The number of furan rings is 1. The number of benzene rings is 1. The second-order valence-corrected chi connectivity index (χ2v) is 8.55. The zero-order chi connectivity index (χ0) is 18.1. The molecular formula is C17H18N2O5S. The highest BCUT2D eigenvalue weighted by molar-refractivity contribution is 7.91. The molecule has 2 N–H and O–H groups in total. The van der Waals surface area contributed by atoms with Gasteiger partial charge >= 0.3 is 0 Å². The fourth-order valence-electron chi connectivity index (χ4n) is 2.76. The van der Waals surface area contributed by atoms with Crippen LogP contribution in [0.5, 0.6) is 0 Å². The van der Waals surface area contributed by atoms with Crippen LogP contribution in [0.2, 0.25) is 0 Å². The smallest absolute Gasteiger partial charge is 0.291 e. The Morgan fingerprint density at radius 3 is 2.40 bits per heavy atom. The SMILES string of the molecule is C[C@]1(NC(=O)c2ccc(NC(=O)c3ccco3)cc2)CCS(=O)(=O)C1. The van der Waals surface area contributed by atoms with Gasteiger partial charge in [-0.15, -0.1) is 0 Å². The van der Waals surface area contributed by atoms with Gasteiger partial charge in [0, 0.05) is 11.3 Å². The van der Waals surface area contributed by atoms with E-state index in [0.29, 0.717) is 17.7 Å². The number of hydrogen-bond acceptors (Lipinski definition) is 5. The van der Waals surface area contributed by atoms with Crippen molar-refractivity contribution >= 4 is 27.3 Å². The molecule has 132 valence electrons. The van der Waals surface area contributed by atoms with Crippen LogP contribution >= 0.6 is 0 Å². The van der Waals surface area contributed by atoms with Crippen LogP contribution in [0.1, 0.15) is 34.3 Å². The topological polar surface area (TPSA) is 105 Å². The molecule has 2 aromatic rings. The number of carbonyl (C=O) groups excluding carboxylic acids is 2. The molecule has 0 spiro atoms. The van der Waals surface area contributed by atoms with Gasteiger partial charge in [-0.1, -0.05) is 0 Å². The van der Waals surface area contributed by atoms with Gasteiger partial charge in [-0.05, 0) is 49.7 Å². The first-order valence-corrected chi connectivity index (χ1v) is 9.56. The highest BCUT2D eigenvalue weighted by Gasteiger charge is 2.39.